The summed E-state index contributed by atoms with van der Waals surface area (Å²) in [7, 11) is 0. The third-order valence-electron chi connectivity index (χ3n) is 3.71. The van der Waals surface area contributed by atoms with Gasteiger partial charge in [0.05, 0.1) is 6.20 Å². The van der Waals surface area contributed by atoms with Gasteiger partial charge in [-0.2, -0.15) is 5.10 Å². The third kappa shape index (κ3) is 2.59. The van der Waals surface area contributed by atoms with Gasteiger partial charge in [0, 0.05) is 37.1 Å². The van der Waals surface area contributed by atoms with Gasteiger partial charge in [0.2, 0.25) is 5.91 Å². The Morgan fingerprint density at radius 1 is 1.45 bits per heavy atom. The molecule has 106 valence electrons. The van der Waals surface area contributed by atoms with Gasteiger partial charge in [-0.3, -0.25) is 9.48 Å². The number of rotatable bonds is 3. The van der Waals surface area contributed by atoms with E-state index in [1.54, 1.807) is 10.9 Å². The topological polar surface area (TPSA) is 66.8 Å². The largest absolute Gasteiger partial charge is 0.346 e. The Morgan fingerprint density at radius 2 is 2.30 bits per heavy atom. The molecule has 0 spiro atoms. The molecule has 3 rings (SSSR count). The summed E-state index contributed by atoms with van der Waals surface area (Å²) in [5.41, 5.74) is 2.14. The number of nitrogens with one attached hydrogen (secondary N) is 1. The lowest BCUT2D eigenvalue weighted by Crippen LogP contribution is -2.31. The van der Waals surface area contributed by atoms with Gasteiger partial charge >= 0.3 is 0 Å². The molecule has 0 aliphatic carbocycles. The summed E-state index contributed by atoms with van der Waals surface area (Å²) in [6.07, 6.45) is 6.47. The fourth-order valence-electron chi connectivity index (χ4n) is 2.64. The molecule has 6 heteroatoms. The molecule has 0 aromatic carbocycles. The van der Waals surface area contributed by atoms with Crippen LogP contribution in [0.3, 0.4) is 0 Å². The average Bonchev–Trinajstić information content (AvgIpc) is 3.10. The van der Waals surface area contributed by atoms with Crippen LogP contribution in [0, 0.1) is 13.8 Å². The fraction of sp³-hybridized carbons (Fsp3) is 0.500. The lowest BCUT2D eigenvalue weighted by atomic mass is 10.1. The van der Waals surface area contributed by atoms with E-state index in [0.29, 0.717) is 12.5 Å². The highest BCUT2D eigenvalue weighted by Gasteiger charge is 2.28. The number of imidazole rings is 1. The Balaban J connectivity index is 1.60. The van der Waals surface area contributed by atoms with Gasteiger partial charge < -0.3 is 9.88 Å². The molecule has 1 unspecified atom stereocenters. The van der Waals surface area contributed by atoms with Gasteiger partial charge in [0.15, 0.2) is 0 Å². The van der Waals surface area contributed by atoms with Gasteiger partial charge in [0.1, 0.15) is 12.4 Å². The van der Waals surface area contributed by atoms with Crippen molar-refractivity contribution in [2.75, 3.05) is 13.1 Å². The van der Waals surface area contributed by atoms with Crippen molar-refractivity contribution in [1.82, 2.24) is 24.6 Å². The standard InChI is InChI=1S/C14H19N5O/c1-10-5-16-19(7-10)9-13(20)18-4-3-12(8-18)14-15-6-11(2)17-14/h5-7,12H,3-4,8-9H2,1-2H3,(H,15,17). The van der Waals surface area contributed by atoms with E-state index in [1.165, 1.54) is 0 Å². The van der Waals surface area contributed by atoms with Gasteiger partial charge in [-0.15, -0.1) is 0 Å². The highest BCUT2D eigenvalue weighted by atomic mass is 16.2. The number of aryl methyl sites for hydroxylation is 2. The first kappa shape index (κ1) is 12.9. The van der Waals surface area contributed by atoms with E-state index >= 15 is 0 Å². The Bertz CT molecular complexity index is 615. The predicted molar refractivity (Wildman–Crippen MR) is 74.2 cm³/mol. The quantitative estimate of drug-likeness (QED) is 0.915. The summed E-state index contributed by atoms with van der Waals surface area (Å²) < 4.78 is 1.70. The lowest BCUT2D eigenvalue weighted by Gasteiger charge is -2.16. The first-order chi connectivity index (χ1) is 9.61. The smallest absolute Gasteiger partial charge is 0.244 e. The van der Waals surface area contributed by atoms with E-state index in [0.717, 1.165) is 36.6 Å². The molecule has 20 heavy (non-hydrogen) atoms. The van der Waals surface area contributed by atoms with Crippen molar-refractivity contribution in [3.8, 4) is 0 Å². The van der Waals surface area contributed by atoms with Gasteiger partial charge in [-0.05, 0) is 25.8 Å². The van der Waals surface area contributed by atoms with Crippen LogP contribution in [0.15, 0.2) is 18.6 Å². The first-order valence-electron chi connectivity index (χ1n) is 6.90. The molecular formula is C14H19N5O. The van der Waals surface area contributed by atoms with Gasteiger partial charge in [0.25, 0.3) is 0 Å². The molecule has 1 N–H and O–H groups in total. The molecule has 1 aliphatic heterocycles. The molecule has 0 saturated carbocycles. The Morgan fingerprint density at radius 3 is 2.95 bits per heavy atom. The van der Waals surface area contributed by atoms with Crippen LogP contribution >= 0.6 is 0 Å². The number of aromatic nitrogens is 4. The minimum atomic E-state index is 0.124. The number of carbonyl (C=O) groups is 1. The normalized spacial score (nSPS) is 18.7. The molecular weight excluding hydrogens is 254 g/mol. The fourth-order valence-corrected chi connectivity index (χ4v) is 2.64. The number of hydrogen-bond acceptors (Lipinski definition) is 3. The maximum atomic E-state index is 12.2. The van der Waals surface area contributed by atoms with Crippen LogP contribution < -0.4 is 0 Å². The molecule has 6 nitrogen and oxygen atoms in total. The first-order valence-corrected chi connectivity index (χ1v) is 6.90. The zero-order valence-corrected chi connectivity index (χ0v) is 11.8. The lowest BCUT2D eigenvalue weighted by molar-refractivity contribution is -0.131. The SMILES string of the molecule is Cc1cnn(CC(=O)N2CCC(c3ncc(C)[nH]3)C2)c1. The summed E-state index contributed by atoms with van der Waals surface area (Å²) >= 11 is 0. The van der Waals surface area contributed by atoms with Crippen molar-refractivity contribution < 1.29 is 4.79 Å². The molecule has 2 aromatic heterocycles. The van der Waals surface area contributed by atoms with Crippen molar-refractivity contribution in [3.05, 3.63) is 35.7 Å². The van der Waals surface area contributed by atoms with Crippen LogP contribution in [0.4, 0.5) is 0 Å². The Labute approximate surface area is 117 Å². The van der Waals surface area contributed by atoms with Crippen LogP contribution in [0.5, 0.6) is 0 Å². The summed E-state index contributed by atoms with van der Waals surface area (Å²) in [6.45, 7) is 5.82. The van der Waals surface area contributed by atoms with Crippen LogP contribution in [0.25, 0.3) is 0 Å². The van der Waals surface area contributed by atoms with E-state index in [9.17, 15) is 4.79 Å². The third-order valence-corrected chi connectivity index (χ3v) is 3.71. The maximum absolute atomic E-state index is 12.2. The van der Waals surface area contributed by atoms with E-state index in [4.69, 9.17) is 0 Å². The average molecular weight is 273 g/mol. The highest BCUT2D eigenvalue weighted by molar-refractivity contribution is 5.76. The van der Waals surface area contributed by atoms with E-state index < -0.39 is 0 Å². The minimum absolute atomic E-state index is 0.124. The molecule has 1 atom stereocenters. The summed E-state index contributed by atoms with van der Waals surface area (Å²) in [6, 6.07) is 0. The van der Waals surface area contributed by atoms with Crippen LogP contribution in [-0.4, -0.2) is 43.6 Å². The van der Waals surface area contributed by atoms with Gasteiger partial charge in [-0.25, -0.2) is 4.98 Å². The zero-order chi connectivity index (χ0) is 14.1. The van der Waals surface area contributed by atoms with Gasteiger partial charge in [-0.1, -0.05) is 0 Å². The Kier molecular flexibility index (Phi) is 3.30. The number of nitrogens with zero attached hydrogens (tertiary/aromatic N) is 4. The van der Waals surface area contributed by atoms with Crippen molar-refractivity contribution in [2.24, 2.45) is 0 Å². The second-order valence-electron chi connectivity index (χ2n) is 5.49. The number of hydrogen-bond donors (Lipinski definition) is 1. The number of H-pyrrole nitrogens is 1. The summed E-state index contributed by atoms with van der Waals surface area (Å²) in [4.78, 5) is 21.8. The van der Waals surface area contributed by atoms with Crippen LogP contribution in [-0.2, 0) is 11.3 Å². The maximum Gasteiger partial charge on any atom is 0.244 e. The summed E-state index contributed by atoms with van der Waals surface area (Å²) in [5.74, 6) is 1.44. The number of carbonyl (C=O) groups excluding carboxylic acids is 1. The highest BCUT2D eigenvalue weighted by Crippen LogP contribution is 2.25. The van der Waals surface area contributed by atoms with Crippen molar-refractivity contribution in [1.29, 1.82) is 0 Å². The van der Waals surface area contributed by atoms with Crippen molar-refractivity contribution in [2.45, 2.75) is 32.7 Å². The molecule has 1 saturated heterocycles. The Hall–Kier alpha value is -2.11. The molecule has 2 aromatic rings. The number of likely N-dealkylation sites (tertiary alicyclic amines) is 1. The summed E-state index contributed by atoms with van der Waals surface area (Å²) in [5, 5.41) is 4.16. The zero-order valence-electron chi connectivity index (χ0n) is 11.8. The second kappa shape index (κ2) is 5.11. The van der Waals surface area contributed by atoms with E-state index in [1.807, 2.05) is 31.1 Å². The van der Waals surface area contributed by atoms with Crippen LogP contribution in [0.2, 0.25) is 0 Å². The number of amides is 1. The number of aromatic amines is 1. The molecule has 1 aliphatic rings. The van der Waals surface area contributed by atoms with E-state index in [2.05, 4.69) is 15.1 Å². The van der Waals surface area contributed by atoms with Crippen LogP contribution in [0.1, 0.15) is 29.4 Å². The molecule has 0 radical (unpaired) electrons. The molecule has 3 heterocycles. The van der Waals surface area contributed by atoms with Crippen molar-refractivity contribution in [3.63, 3.8) is 0 Å². The molecule has 0 bridgehead atoms. The van der Waals surface area contributed by atoms with Crippen molar-refractivity contribution >= 4 is 5.91 Å². The minimum Gasteiger partial charge on any atom is -0.346 e. The van der Waals surface area contributed by atoms with E-state index in [-0.39, 0.29) is 5.91 Å². The monoisotopic (exact) mass is 273 g/mol. The molecule has 1 amide bonds. The predicted octanol–water partition coefficient (Wildman–Crippen LogP) is 1.24. The second-order valence-corrected chi connectivity index (χ2v) is 5.49. The molecule has 1 fully saturated rings.